The molecule has 0 saturated heterocycles. The second-order valence-corrected chi connectivity index (χ2v) is 5.81. The van der Waals surface area contributed by atoms with Gasteiger partial charge in [0.2, 0.25) is 0 Å². The Morgan fingerprint density at radius 3 is 2.67 bits per heavy atom. The number of amides is 1. The molecular formula is C17H15F2N3OS. The van der Waals surface area contributed by atoms with Crippen LogP contribution in [0.5, 0.6) is 0 Å². The van der Waals surface area contributed by atoms with E-state index in [1.807, 2.05) is 6.92 Å². The average molecular weight is 347 g/mol. The van der Waals surface area contributed by atoms with Crippen LogP contribution >= 0.6 is 12.2 Å². The van der Waals surface area contributed by atoms with Crippen molar-refractivity contribution in [2.24, 2.45) is 0 Å². The van der Waals surface area contributed by atoms with Gasteiger partial charge in [-0.3, -0.25) is 4.79 Å². The number of carbonyl (C=O) groups excluding carboxylic acids is 1. The number of rotatable bonds is 4. The van der Waals surface area contributed by atoms with Gasteiger partial charge in [0.25, 0.3) is 5.91 Å². The Hall–Kier alpha value is -2.54. The van der Waals surface area contributed by atoms with Crippen LogP contribution in [0.2, 0.25) is 0 Å². The lowest BCUT2D eigenvalue weighted by Crippen LogP contribution is -2.30. The Labute approximate surface area is 142 Å². The average Bonchev–Trinajstić information content (AvgIpc) is 2.91. The fourth-order valence-electron chi connectivity index (χ4n) is 2.63. The highest BCUT2D eigenvalue weighted by molar-refractivity contribution is 7.71. The van der Waals surface area contributed by atoms with E-state index in [4.69, 9.17) is 12.2 Å². The van der Waals surface area contributed by atoms with Crippen LogP contribution in [0.4, 0.5) is 8.78 Å². The quantitative estimate of drug-likeness (QED) is 0.696. The van der Waals surface area contributed by atoms with E-state index in [1.54, 1.807) is 12.1 Å². The van der Waals surface area contributed by atoms with E-state index in [2.05, 4.69) is 9.97 Å². The first-order chi connectivity index (χ1) is 11.5. The molecule has 7 heteroatoms. The molecule has 0 bridgehead atoms. The van der Waals surface area contributed by atoms with Crippen molar-refractivity contribution in [3.63, 3.8) is 0 Å². The highest BCUT2D eigenvalue weighted by Gasteiger charge is 2.19. The molecule has 0 saturated carbocycles. The number of H-pyrrole nitrogens is 2. The van der Waals surface area contributed by atoms with E-state index in [0.717, 1.165) is 0 Å². The molecule has 3 aromatic rings. The van der Waals surface area contributed by atoms with Crippen molar-refractivity contribution >= 4 is 29.2 Å². The van der Waals surface area contributed by atoms with Crippen molar-refractivity contribution in [1.29, 1.82) is 0 Å². The SMILES string of the molecule is CCN(Cc1cccc(F)c1)C(=O)c1cc(F)cc2[nH]c(=S)[nH]c12. The number of halogens is 2. The lowest BCUT2D eigenvalue weighted by atomic mass is 10.1. The van der Waals surface area contributed by atoms with Crippen molar-refractivity contribution in [2.45, 2.75) is 13.5 Å². The molecule has 1 heterocycles. The second kappa shape index (κ2) is 6.52. The number of aromatic amines is 2. The molecule has 0 aliphatic heterocycles. The number of imidazole rings is 1. The maximum absolute atomic E-state index is 13.8. The smallest absolute Gasteiger partial charge is 0.256 e. The van der Waals surface area contributed by atoms with E-state index in [9.17, 15) is 13.6 Å². The van der Waals surface area contributed by atoms with Crippen LogP contribution in [-0.2, 0) is 6.54 Å². The van der Waals surface area contributed by atoms with Crippen molar-refractivity contribution in [1.82, 2.24) is 14.9 Å². The number of nitrogens with one attached hydrogen (secondary N) is 2. The Morgan fingerprint density at radius 2 is 1.96 bits per heavy atom. The summed E-state index contributed by atoms with van der Waals surface area (Å²) < 4.78 is 27.5. The van der Waals surface area contributed by atoms with Gasteiger partial charge in [0, 0.05) is 13.1 Å². The van der Waals surface area contributed by atoms with Crippen LogP contribution in [0.3, 0.4) is 0 Å². The van der Waals surface area contributed by atoms with Gasteiger partial charge in [-0.2, -0.15) is 0 Å². The molecule has 2 aromatic carbocycles. The van der Waals surface area contributed by atoms with Crippen molar-refractivity contribution in [3.05, 3.63) is 63.9 Å². The summed E-state index contributed by atoms with van der Waals surface area (Å²) in [4.78, 5) is 20.0. The van der Waals surface area contributed by atoms with Gasteiger partial charge in [0.05, 0.1) is 16.6 Å². The first-order valence-electron chi connectivity index (χ1n) is 7.43. The Morgan fingerprint density at radius 1 is 1.17 bits per heavy atom. The summed E-state index contributed by atoms with van der Waals surface area (Å²) in [6.45, 7) is 2.45. The molecule has 0 atom stereocenters. The molecular weight excluding hydrogens is 332 g/mol. The van der Waals surface area contributed by atoms with Gasteiger partial charge < -0.3 is 14.9 Å². The van der Waals surface area contributed by atoms with Gasteiger partial charge in [-0.15, -0.1) is 0 Å². The van der Waals surface area contributed by atoms with Crippen LogP contribution in [0.25, 0.3) is 11.0 Å². The molecule has 124 valence electrons. The molecule has 4 nitrogen and oxygen atoms in total. The van der Waals surface area contributed by atoms with Crippen LogP contribution in [-0.4, -0.2) is 27.3 Å². The van der Waals surface area contributed by atoms with Gasteiger partial charge in [-0.1, -0.05) is 12.1 Å². The minimum Gasteiger partial charge on any atom is -0.335 e. The number of nitrogens with zero attached hydrogens (tertiary/aromatic N) is 1. The van der Waals surface area contributed by atoms with Gasteiger partial charge in [-0.05, 0) is 49.0 Å². The maximum Gasteiger partial charge on any atom is 0.256 e. The lowest BCUT2D eigenvalue weighted by Gasteiger charge is -2.21. The standard InChI is InChI=1S/C17H15F2N3OS/c1-2-22(9-10-4-3-5-11(18)6-10)16(23)13-7-12(19)8-14-15(13)21-17(24)20-14/h3-8H,2,9H2,1H3,(H2,20,21,24). The van der Waals surface area contributed by atoms with E-state index >= 15 is 0 Å². The summed E-state index contributed by atoms with van der Waals surface area (Å²) in [5.74, 6) is -1.24. The Kier molecular flexibility index (Phi) is 4.44. The van der Waals surface area contributed by atoms with E-state index < -0.39 is 5.82 Å². The van der Waals surface area contributed by atoms with E-state index in [1.165, 1.54) is 29.2 Å². The molecule has 0 aliphatic carbocycles. The molecule has 0 spiro atoms. The highest BCUT2D eigenvalue weighted by Crippen LogP contribution is 2.20. The molecule has 2 N–H and O–H groups in total. The summed E-state index contributed by atoms with van der Waals surface area (Å²) in [7, 11) is 0. The predicted octanol–water partition coefficient (Wildman–Crippen LogP) is 4.17. The third-order valence-corrected chi connectivity index (χ3v) is 3.96. The zero-order chi connectivity index (χ0) is 17.3. The molecule has 0 radical (unpaired) electrons. The zero-order valence-electron chi connectivity index (χ0n) is 12.9. The van der Waals surface area contributed by atoms with E-state index in [-0.39, 0.29) is 23.8 Å². The Bertz CT molecular complexity index is 964. The fourth-order valence-corrected chi connectivity index (χ4v) is 2.84. The number of hydrogen-bond acceptors (Lipinski definition) is 2. The van der Waals surface area contributed by atoms with Crippen LogP contribution in [0.1, 0.15) is 22.8 Å². The first-order valence-corrected chi connectivity index (χ1v) is 7.84. The first kappa shape index (κ1) is 16.3. The van der Waals surface area contributed by atoms with Crippen molar-refractivity contribution in [3.8, 4) is 0 Å². The van der Waals surface area contributed by atoms with Gasteiger partial charge in [-0.25, -0.2) is 8.78 Å². The number of carbonyl (C=O) groups is 1. The van der Waals surface area contributed by atoms with Crippen molar-refractivity contribution < 1.29 is 13.6 Å². The lowest BCUT2D eigenvalue weighted by molar-refractivity contribution is 0.0753. The summed E-state index contributed by atoms with van der Waals surface area (Å²) >= 11 is 5.02. The molecule has 1 aromatic heterocycles. The third kappa shape index (κ3) is 3.21. The minimum atomic E-state index is -0.530. The maximum atomic E-state index is 13.8. The van der Waals surface area contributed by atoms with Gasteiger partial charge in [0.15, 0.2) is 4.77 Å². The zero-order valence-corrected chi connectivity index (χ0v) is 13.7. The monoisotopic (exact) mass is 347 g/mol. The van der Waals surface area contributed by atoms with Crippen LogP contribution in [0, 0.1) is 16.4 Å². The minimum absolute atomic E-state index is 0.190. The molecule has 1 amide bonds. The van der Waals surface area contributed by atoms with Crippen molar-refractivity contribution in [2.75, 3.05) is 6.54 Å². The summed E-state index contributed by atoms with van der Waals surface area (Å²) in [6, 6.07) is 8.51. The predicted molar refractivity (Wildman–Crippen MR) is 90.3 cm³/mol. The third-order valence-electron chi connectivity index (χ3n) is 3.75. The summed E-state index contributed by atoms with van der Waals surface area (Å²) in [6.07, 6.45) is 0. The number of aromatic nitrogens is 2. The molecule has 0 unspecified atom stereocenters. The van der Waals surface area contributed by atoms with Gasteiger partial charge in [0.1, 0.15) is 11.6 Å². The normalized spacial score (nSPS) is 11.0. The highest BCUT2D eigenvalue weighted by atomic mass is 32.1. The molecule has 3 rings (SSSR count). The molecule has 0 aliphatic rings. The second-order valence-electron chi connectivity index (χ2n) is 5.40. The largest absolute Gasteiger partial charge is 0.335 e. The van der Waals surface area contributed by atoms with Crippen LogP contribution < -0.4 is 0 Å². The number of hydrogen-bond donors (Lipinski definition) is 2. The van der Waals surface area contributed by atoms with Gasteiger partial charge >= 0.3 is 0 Å². The summed E-state index contributed by atoms with van der Waals surface area (Å²) in [5.41, 5.74) is 1.75. The Balaban J connectivity index is 1.98. The van der Waals surface area contributed by atoms with E-state index in [0.29, 0.717) is 27.9 Å². The number of benzene rings is 2. The summed E-state index contributed by atoms with van der Waals surface area (Å²) in [5, 5.41) is 0. The molecule has 0 fully saturated rings. The number of fused-ring (bicyclic) bond motifs is 1. The fraction of sp³-hybridized carbons (Fsp3) is 0.176. The topological polar surface area (TPSA) is 51.9 Å². The van der Waals surface area contributed by atoms with Crippen LogP contribution in [0.15, 0.2) is 36.4 Å². The molecule has 24 heavy (non-hydrogen) atoms.